The van der Waals surface area contributed by atoms with Crippen molar-refractivity contribution < 1.29 is 4.79 Å². The van der Waals surface area contributed by atoms with Crippen molar-refractivity contribution in [3.8, 4) is 0 Å². The number of nitrogens with zero attached hydrogens (tertiary/aromatic N) is 3. The predicted octanol–water partition coefficient (Wildman–Crippen LogP) is 2.77. The molecule has 140 valence electrons. The van der Waals surface area contributed by atoms with Crippen LogP contribution < -0.4 is 10.2 Å². The molecule has 2 aromatic heterocycles. The van der Waals surface area contributed by atoms with E-state index in [9.17, 15) is 4.79 Å². The monoisotopic (exact) mass is 355 g/mol. The minimum Gasteiger partial charge on any atom is -0.354 e. The summed E-state index contributed by atoms with van der Waals surface area (Å²) < 4.78 is 0. The minimum absolute atomic E-state index is 0.0587. The number of carbonyl (C=O) groups excluding carboxylic acids is 1. The first-order valence-corrected chi connectivity index (χ1v) is 10.0. The molecule has 0 spiro atoms. The van der Waals surface area contributed by atoms with Crippen molar-refractivity contribution in [3.63, 3.8) is 0 Å². The van der Waals surface area contributed by atoms with E-state index in [0.29, 0.717) is 12.2 Å². The lowest BCUT2D eigenvalue weighted by molar-refractivity contribution is 0.0949. The van der Waals surface area contributed by atoms with Crippen LogP contribution in [0.2, 0.25) is 0 Å². The van der Waals surface area contributed by atoms with Gasteiger partial charge in [0.15, 0.2) is 0 Å². The maximum absolute atomic E-state index is 12.1. The number of hydrogen-bond acceptors (Lipinski definition) is 4. The van der Waals surface area contributed by atoms with Crippen LogP contribution in [0.3, 0.4) is 0 Å². The highest BCUT2D eigenvalue weighted by Gasteiger charge is 2.26. The summed E-state index contributed by atoms with van der Waals surface area (Å²) in [6.45, 7) is 7.04. The van der Waals surface area contributed by atoms with Gasteiger partial charge in [0.2, 0.25) is 0 Å². The first kappa shape index (κ1) is 17.3. The quantitative estimate of drug-likeness (QED) is 0.866. The predicted molar refractivity (Wildman–Crippen MR) is 105 cm³/mol. The molecule has 0 bridgehead atoms. The average Bonchev–Trinajstić information content (AvgIpc) is 3.35. The van der Waals surface area contributed by atoms with Gasteiger partial charge in [-0.25, -0.2) is 4.98 Å². The van der Waals surface area contributed by atoms with Gasteiger partial charge in [0.05, 0.1) is 0 Å². The van der Waals surface area contributed by atoms with Gasteiger partial charge in [0.25, 0.3) is 5.91 Å². The molecule has 0 unspecified atom stereocenters. The van der Waals surface area contributed by atoms with Gasteiger partial charge in [-0.15, -0.1) is 0 Å². The molecule has 6 nitrogen and oxygen atoms in total. The van der Waals surface area contributed by atoms with Crippen molar-refractivity contribution in [2.75, 3.05) is 37.6 Å². The Morgan fingerprint density at radius 3 is 2.73 bits per heavy atom. The number of hydrogen-bond donors (Lipinski definition) is 2. The van der Waals surface area contributed by atoms with Crippen LogP contribution in [0.1, 0.15) is 49.5 Å². The second-order valence-corrected chi connectivity index (χ2v) is 7.51. The second kappa shape index (κ2) is 7.66. The molecule has 4 rings (SSSR count). The van der Waals surface area contributed by atoms with Crippen molar-refractivity contribution >= 4 is 22.8 Å². The molecule has 0 aromatic carbocycles. The van der Waals surface area contributed by atoms with Gasteiger partial charge in [-0.1, -0.05) is 19.8 Å². The molecular formula is C20H29N5O. The standard InChI is InChI=1S/C20H29N5O/c1-2-9-21-20(26)17-14-15-7-8-18(23-19(15)22-17)25-12-10-24(11-13-25)16-5-3-4-6-16/h7-8,14,16H,2-6,9-13H2,1H3,(H,21,26)(H,22,23). The molecule has 6 heteroatoms. The third kappa shape index (κ3) is 3.56. The third-order valence-electron chi connectivity index (χ3n) is 5.72. The highest BCUT2D eigenvalue weighted by Crippen LogP contribution is 2.26. The van der Waals surface area contributed by atoms with Gasteiger partial charge in [-0.2, -0.15) is 0 Å². The Balaban J connectivity index is 1.43. The molecule has 0 radical (unpaired) electrons. The zero-order valence-corrected chi connectivity index (χ0v) is 15.6. The molecule has 2 N–H and O–H groups in total. The lowest BCUT2D eigenvalue weighted by atomic mass is 10.2. The topological polar surface area (TPSA) is 64.3 Å². The Hall–Kier alpha value is -2.08. The van der Waals surface area contributed by atoms with Crippen LogP contribution in [-0.4, -0.2) is 59.5 Å². The number of pyridine rings is 1. The van der Waals surface area contributed by atoms with E-state index >= 15 is 0 Å². The van der Waals surface area contributed by atoms with Gasteiger partial charge >= 0.3 is 0 Å². The molecule has 2 fully saturated rings. The van der Waals surface area contributed by atoms with Crippen LogP contribution in [0, 0.1) is 0 Å². The zero-order chi connectivity index (χ0) is 17.9. The second-order valence-electron chi connectivity index (χ2n) is 7.51. The Labute approximate surface area is 155 Å². The SMILES string of the molecule is CCCNC(=O)c1cc2ccc(N3CCN(C4CCCC4)CC3)nc2[nH]1. The summed E-state index contributed by atoms with van der Waals surface area (Å²) in [4.78, 5) is 25.1. The van der Waals surface area contributed by atoms with Gasteiger partial charge in [-0.3, -0.25) is 9.69 Å². The number of anilines is 1. The number of rotatable bonds is 5. The number of aromatic nitrogens is 2. The van der Waals surface area contributed by atoms with Crippen LogP contribution >= 0.6 is 0 Å². The number of fused-ring (bicyclic) bond motifs is 1. The van der Waals surface area contributed by atoms with Crippen molar-refractivity contribution in [2.45, 2.75) is 45.1 Å². The van der Waals surface area contributed by atoms with E-state index in [2.05, 4.69) is 32.2 Å². The number of nitrogens with one attached hydrogen (secondary N) is 2. The maximum Gasteiger partial charge on any atom is 0.267 e. The van der Waals surface area contributed by atoms with Crippen molar-refractivity contribution in [1.29, 1.82) is 0 Å². The Bertz CT molecular complexity index is 757. The summed E-state index contributed by atoms with van der Waals surface area (Å²) in [6.07, 6.45) is 6.46. The zero-order valence-electron chi connectivity index (χ0n) is 15.6. The van der Waals surface area contributed by atoms with Gasteiger partial charge in [0.1, 0.15) is 17.2 Å². The van der Waals surface area contributed by atoms with E-state index in [0.717, 1.165) is 55.5 Å². The van der Waals surface area contributed by atoms with Crippen LogP contribution in [0.4, 0.5) is 5.82 Å². The molecule has 1 aliphatic heterocycles. The Kier molecular flexibility index (Phi) is 5.11. The van der Waals surface area contributed by atoms with Gasteiger partial charge in [-0.05, 0) is 37.5 Å². The van der Waals surface area contributed by atoms with Crippen LogP contribution in [0.5, 0.6) is 0 Å². The fourth-order valence-corrected chi connectivity index (χ4v) is 4.21. The van der Waals surface area contributed by atoms with E-state index in [1.807, 2.05) is 13.0 Å². The molecule has 1 amide bonds. The fraction of sp³-hybridized carbons (Fsp3) is 0.600. The van der Waals surface area contributed by atoms with Crippen molar-refractivity contribution in [2.24, 2.45) is 0 Å². The summed E-state index contributed by atoms with van der Waals surface area (Å²) in [6, 6.07) is 6.83. The average molecular weight is 355 g/mol. The third-order valence-corrected chi connectivity index (χ3v) is 5.72. The molecule has 0 atom stereocenters. The number of H-pyrrole nitrogens is 1. The molecule has 2 aromatic rings. The molecule has 1 aliphatic carbocycles. The first-order chi connectivity index (χ1) is 12.7. The number of piperazine rings is 1. The lowest BCUT2D eigenvalue weighted by Crippen LogP contribution is -2.49. The number of carbonyl (C=O) groups is 1. The van der Waals surface area contributed by atoms with Crippen LogP contribution in [0.25, 0.3) is 11.0 Å². The molecule has 26 heavy (non-hydrogen) atoms. The molecule has 2 aliphatic rings. The molecule has 1 saturated heterocycles. The minimum atomic E-state index is -0.0587. The van der Waals surface area contributed by atoms with E-state index in [4.69, 9.17) is 4.98 Å². The van der Waals surface area contributed by atoms with E-state index in [1.54, 1.807) is 0 Å². The van der Waals surface area contributed by atoms with Crippen LogP contribution in [0.15, 0.2) is 18.2 Å². The normalized spacial score (nSPS) is 19.3. The van der Waals surface area contributed by atoms with Crippen molar-refractivity contribution in [3.05, 3.63) is 23.9 Å². The summed E-state index contributed by atoms with van der Waals surface area (Å²) in [7, 11) is 0. The highest BCUT2D eigenvalue weighted by atomic mass is 16.1. The van der Waals surface area contributed by atoms with E-state index in [1.165, 1.54) is 25.7 Å². The summed E-state index contributed by atoms with van der Waals surface area (Å²) in [5.74, 6) is 0.947. The first-order valence-electron chi connectivity index (χ1n) is 10.0. The summed E-state index contributed by atoms with van der Waals surface area (Å²) >= 11 is 0. The summed E-state index contributed by atoms with van der Waals surface area (Å²) in [5, 5.41) is 3.89. The smallest absolute Gasteiger partial charge is 0.267 e. The highest BCUT2D eigenvalue weighted by molar-refractivity contribution is 5.97. The number of aromatic amines is 1. The van der Waals surface area contributed by atoms with Gasteiger partial charge < -0.3 is 15.2 Å². The molecule has 3 heterocycles. The summed E-state index contributed by atoms with van der Waals surface area (Å²) in [5.41, 5.74) is 1.38. The Morgan fingerprint density at radius 1 is 1.23 bits per heavy atom. The van der Waals surface area contributed by atoms with Gasteiger partial charge in [0, 0.05) is 44.2 Å². The van der Waals surface area contributed by atoms with E-state index in [-0.39, 0.29) is 5.91 Å². The van der Waals surface area contributed by atoms with Crippen LogP contribution in [-0.2, 0) is 0 Å². The maximum atomic E-state index is 12.1. The fourth-order valence-electron chi connectivity index (χ4n) is 4.21. The van der Waals surface area contributed by atoms with Crippen molar-refractivity contribution in [1.82, 2.24) is 20.2 Å². The molecule has 1 saturated carbocycles. The molecular weight excluding hydrogens is 326 g/mol. The lowest BCUT2D eigenvalue weighted by Gasteiger charge is -2.38. The number of amides is 1. The van der Waals surface area contributed by atoms with E-state index < -0.39 is 0 Å². The Morgan fingerprint density at radius 2 is 2.00 bits per heavy atom. The largest absolute Gasteiger partial charge is 0.354 e.